The molecule has 0 heterocycles. The molecule has 0 N–H and O–H groups in total. The highest BCUT2D eigenvalue weighted by molar-refractivity contribution is 7.39. The van der Waals surface area contributed by atoms with Crippen molar-refractivity contribution in [2.45, 2.75) is 12.4 Å². The Morgan fingerprint density at radius 2 is 2.27 bits per heavy atom. The smallest absolute Gasteiger partial charge is 0.330 e. The highest BCUT2D eigenvalue weighted by Crippen LogP contribution is 2.20. The van der Waals surface area contributed by atoms with E-state index >= 15 is 0 Å². The van der Waals surface area contributed by atoms with Crippen LogP contribution in [0.5, 0.6) is 0 Å². The molecule has 0 aliphatic carbocycles. The SMILES string of the molecule is [B]C[C@@H](CF)OC[P+](=O)O[B]. The Kier molecular flexibility index (Phi) is 6.82. The van der Waals surface area contributed by atoms with E-state index in [1.54, 1.807) is 0 Å². The minimum Gasteiger partial charge on any atom is -0.330 e. The minimum atomic E-state index is -2.04. The van der Waals surface area contributed by atoms with Crippen molar-refractivity contribution >= 4 is 23.9 Å². The maximum Gasteiger partial charge on any atom is 0.519 e. The molecule has 0 rings (SSSR count). The Hall–Kier alpha value is 0.0799. The van der Waals surface area contributed by atoms with Crippen molar-refractivity contribution in [3.8, 4) is 0 Å². The van der Waals surface area contributed by atoms with Crippen molar-refractivity contribution in [2.24, 2.45) is 0 Å². The van der Waals surface area contributed by atoms with Crippen LogP contribution in [0.25, 0.3) is 0 Å². The number of hydrogen-bond donors (Lipinski definition) is 0. The molecular weight excluding hydrogens is 168 g/mol. The largest absolute Gasteiger partial charge is 0.519 e. The number of hydrogen-bond acceptors (Lipinski definition) is 3. The predicted molar refractivity (Wildman–Crippen MR) is 40.7 cm³/mol. The summed E-state index contributed by atoms with van der Waals surface area (Å²) in [6.07, 6.45) is -0.897. The van der Waals surface area contributed by atoms with Gasteiger partial charge in [-0.15, -0.1) is 0 Å². The first-order valence-corrected chi connectivity index (χ1v) is 4.30. The molecule has 1 unspecified atom stereocenters. The van der Waals surface area contributed by atoms with Crippen molar-refractivity contribution in [3.05, 3.63) is 0 Å². The molecule has 0 aromatic rings. The molecule has 4 radical (unpaired) electrons. The zero-order chi connectivity index (χ0) is 8.69. The van der Waals surface area contributed by atoms with E-state index in [1.807, 2.05) is 0 Å². The van der Waals surface area contributed by atoms with E-state index in [-0.39, 0.29) is 12.7 Å². The second kappa shape index (κ2) is 6.77. The Bertz CT molecular complexity index is 122. The van der Waals surface area contributed by atoms with Crippen molar-refractivity contribution < 1.29 is 18.1 Å². The van der Waals surface area contributed by atoms with E-state index in [2.05, 4.69) is 12.5 Å². The van der Waals surface area contributed by atoms with Crippen molar-refractivity contribution in [1.29, 1.82) is 0 Å². The third kappa shape index (κ3) is 5.36. The van der Waals surface area contributed by atoms with E-state index in [4.69, 9.17) is 12.6 Å². The number of ether oxygens (including phenoxy) is 1. The molecule has 0 aliphatic heterocycles. The van der Waals surface area contributed by atoms with Crippen LogP contribution < -0.4 is 0 Å². The van der Waals surface area contributed by atoms with Crippen LogP contribution in [0.4, 0.5) is 4.39 Å². The average molecular weight is 175 g/mol. The molecule has 0 saturated carbocycles. The monoisotopic (exact) mass is 175 g/mol. The highest BCUT2D eigenvalue weighted by Gasteiger charge is 2.17. The van der Waals surface area contributed by atoms with Gasteiger partial charge in [0.25, 0.3) is 6.35 Å². The second-order valence-electron chi connectivity index (χ2n) is 1.75. The summed E-state index contributed by atoms with van der Waals surface area (Å²) in [6, 6.07) is 0. The summed E-state index contributed by atoms with van der Waals surface area (Å²) in [6.45, 7) is -0.704. The van der Waals surface area contributed by atoms with Gasteiger partial charge in [-0.1, -0.05) is 6.32 Å². The first kappa shape index (κ1) is 11.1. The Morgan fingerprint density at radius 3 is 2.64 bits per heavy atom. The average Bonchev–Trinajstić information content (AvgIpc) is 2.06. The third-order valence-corrected chi connectivity index (χ3v) is 1.56. The molecule has 58 valence electrons. The van der Waals surface area contributed by atoms with E-state index in [9.17, 15) is 8.96 Å². The molecule has 11 heavy (non-hydrogen) atoms. The van der Waals surface area contributed by atoms with Crippen molar-refractivity contribution in [2.75, 3.05) is 13.0 Å². The summed E-state index contributed by atoms with van der Waals surface area (Å²) in [7, 11) is 7.59. The highest BCUT2D eigenvalue weighted by atomic mass is 31.1. The van der Waals surface area contributed by atoms with Crippen molar-refractivity contribution in [3.63, 3.8) is 0 Å². The van der Waals surface area contributed by atoms with Crippen LogP contribution in [0, 0.1) is 0 Å². The first-order chi connectivity index (χ1) is 5.24. The lowest BCUT2D eigenvalue weighted by molar-refractivity contribution is 0.0776. The number of halogens is 1. The molecule has 2 atom stereocenters. The van der Waals surface area contributed by atoms with Crippen LogP contribution in [0.2, 0.25) is 6.32 Å². The zero-order valence-corrected chi connectivity index (χ0v) is 6.80. The van der Waals surface area contributed by atoms with Gasteiger partial charge in [0.2, 0.25) is 0 Å². The normalized spacial score (nSPS) is 14.5. The summed E-state index contributed by atoms with van der Waals surface area (Å²) >= 11 is 0. The van der Waals surface area contributed by atoms with Gasteiger partial charge in [0.1, 0.15) is 6.67 Å². The molecule has 0 fully saturated rings. The maximum atomic E-state index is 11.8. The van der Waals surface area contributed by atoms with Crippen LogP contribution in [-0.4, -0.2) is 35.0 Å². The van der Waals surface area contributed by atoms with Gasteiger partial charge < -0.3 is 4.74 Å². The summed E-state index contributed by atoms with van der Waals surface area (Å²) < 4.78 is 30.9. The Balaban J connectivity index is 3.42. The maximum absolute atomic E-state index is 11.8. The molecule has 0 saturated heterocycles. The van der Waals surface area contributed by atoms with Gasteiger partial charge >= 0.3 is 16.1 Å². The summed E-state index contributed by atoms with van der Waals surface area (Å²) in [5.74, 6) is 0. The summed E-state index contributed by atoms with van der Waals surface area (Å²) in [4.78, 5) is 0. The van der Waals surface area contributed by atoms with Crippen LogP contribution in [-0.2, 0) is 13.7 Å². The van der Waals surface area contributed by atoms with Gasteiger partial charge in [0, 0.05) is 0 Å². The molecule has 0 aromatic heterocycles. The van der Waals surface area contributed by atoms with Gasteiger partial charge in [0.05, 0.1) is 14.0 Å². The van der Waals surface area contributed by atoms with Crippen LogP contribution in [0.3, 0.4) is 0 Å². The fourth-order valence-corrected chi connectivity index (χ4v) is 0.766. The van der Waals surface area contributed by atoms with Gasteiger partial charge in [0.15, 0.2) is 0 Å². The topological polar surface area (TPSA) is 35.5 Å². The molecule has 0 aliphatic rings. The summed E-state index contributed by atoms with van der Waals surface area (Å²) in [5.41, 5.74) is 0. The Morgan fingerprint density at radius 1 is 1.64 bits per heavy atom. The van der Waals surface area contributed by atoms with Gasteiger partial charge in [-0.3, -0.25) is 0 Å². The lowest BCUT2D eigenvalue weighted by Crippen LogP contribution is -2.14. The van der Waals surface area contributed by atoms with Crippen molar-refractivity contribution in [1.82, 2.24) is 0 Å². The predicted octanol–water partition coefficient (Wildman–Crippen LogP) is 0.728. The molecule has 7 heteroatoms. The fourth-order valence-electron chi connectivity index (χ4n) is 0.372. The third-order valence-electron chi connectivity index (χ3n) is 0.968. The van der Waals surface area contributed by atoms with Gasteiger partial charge in [-0.2, -0.15) is 0 Å². The molecular formula is C4H7B2FO3P+. The van der Waals surface area contributed by atoms with Crippen LogP contribution >= 0.6 is 8.03 Å². The standard InChI is InChI=1S/C4H7B2FO3P/c5-1-4(2-7)9-3-11(8)10-6/h4H,1-3H2/q+1/t4-/m0/s1. The van der Waals surface area contributed by atoms with E-state index in [0.717, 1.165) is 0 Å². The zero-order valence-electron chi connectivity index (χ0n) is 5.90. The van der Waals surface area contributed by atoms with E-state index < -0.39 is 20.8 Å². The van der Waals surface area contributed by atoms with Crippen LogP contribution in [0.1, 0.15) is 0 Å². The van der Waals surface area contributed by atoms with E-state index in [0.29, 0.717) is 0 Å². The van der Waals surface area contributed by atoms with Crippen LogP contribution in [0.15, 0.2) is 0 Å². The van der Waals surface area contributed by atoms with E-state index in [1.165, 1.54) is 0 Å². The molecule has 0 amide bonds. The molecule has 0 aromatic carbocycles. The number of rotatable bonds is 6. The lowest BCUT2D eigenvalue weighted by atomic mass is 10.0. The molecule has 3 nitrogen and oxygen atoms in total. The first-order valence-electron chi connectivity index (χ1n) is 2.93. The second-order valence-corrected chi connectivity index (χ2v) is 2.88. The van der Waals surface area contributed by atoms with Gasteiger partial charge in [-0.25, -0.2) is 8.83 Å². The summed E-state index contributed by atoms with van der Waals surface area (Å²) in [5, 5.41) is 0. The fraction of sp³-hybridized carbons (Fsp3) is 1.00. The minimum absolute atomic E-state index is 0.0459. The quantitative estimate of drug-likeness (QED) is 0.440. The number of alkyl halides is 1. The lowest BCUT2D eigenvalue weighted by Gasteiger charge is -2.06. The molecule has 0 bridgehead atoms. The van der Waals surface area contributed by atoms with Gasteiger partial charge in [-0.05, 0) is 4.57 Å². The molecule has 0 spiro atoms. The Labute approximate surface area is 68.4 Å².